The van der Waals surface area contributed by atoms with Crippen LogP contribution in [0, 0.1) is 0 Å². The fraction of sp³-hybridized carbons (Fsp3) is 0.632. The monoisotopic (exact) mass is 336 g/mol. The zero-order chi connectivity index (χ0) is 17.6. The average Bonchev–Trinajstić information content (AvgIpc) is 2.78. The Morgan fingerprint density at radius 2 is 2.25 bits per heavy atom. The second-order valence-corrected chi connectivity index (χ2v) is 6.69. The van der Waals surface area contributed by atoms with Crippen LogP contribution < -0.4 is 0 Å². The maximum Gasteiger partial charge on any atom is 0.153 e. The van der Waals surface area contributed by atoms with Crippen LogP contribution in [0.25, 0.3) is 0 Å². The molecule has 0 radical (unpaired) electrons. The molecule has 0 saturated carbocycles. The molecular weight excluding hydrogens is 307 g/mol. The Morgan fingerprint density at radius 1 is 1.46 bits per heavy atom. The second-order valence-electron chi connectivity index (χ2n) is 6.69. The van der Waals surface area contributed by atoms with Crippen LogP contribution in [0.2, 0.25) is 0 Å². The number of Topliss-reactive ketones (excluding diaryl/α,β-unsaturated/α-hetero) is 1. The molecule has 0 aromatic rings. The van der Waals surface area contributed by atoms with Crippen molar-refractivity contribution in [3.8, 4) is 0 Å². The molecule has 1 heterocycles. The summed E-state index contributed by atoms with van der Waals surface area (Å²) in [6, 6.07) is 0. The van der Waals surface area contributed by atoms with E-state index in [1.807, 2.05) is 19.9 Å². The number of hydrazine groups is 1. The Kier molecular flexibility index (Phi) is 6.90. The molecular formula is C19H29FN2O2. The van der Waals surface area contributed by atoms with E-state index in [1.165, 1.54) is 6.08 Å². The van der Waals surface area contributed by atoms with Gasteiger partial charge in [0, 0.05) is 26.6 Å². The van der Waals surface area contributed by atoms with Crippen LogP contribution in [0.15, 0.2) is 35.7 Å². The minimum atomic E-state index is -0.478. The van der Waals surface area contributed by atoms with Crippen molar-refractivity contribution >= 4 is 5.78 Å². The number of allylic oxidation sites excluding steroid dienone is 5. The number of methoxy groups -OCH3 is 1. The highest BCUT2D eigenvalue weighted by molar-refractivity contribution is 5.87. The predicted molar refractivity (Wildman–Crippen MR) is 93.9 cm³/mol. The van der Waals surface area contributed by atoms with Gasteiger partial charge in [-0.25, -0.2) is 14.4 Å². The van der Waals surface area contributed by atoms with Gasteiger partial charge in [-0.1, -0.05) is 24.6 Å². The van der Waals surface area contributed by atoms with Crippen LogP contribution in [-0.4, -0.2) is 48.3 Å². The maximum absolute atomic E-state index is 13.4. The van der Waals surface area contributed by atoms with Crippen LogP contribution in [0.3, 0.4) is 0 Å². The van der Waals surface area contributed by atoms with Crippen LogP contribution in [-0.2, 0) is 9.53 Å². The Labute approximate surface area is 144 Å². The molecule has 1 aliphatic carbocycles. The number of rotatable bonds is 7. The number of halogens is 1. The van der Waals surface area contributed by atoms with E-state index in [4.69, 9.17) is 4.74 Å². The van der Waals surface area contributed by atoms with Gasteiger partial charge in [-0.2, -0.15) is 0 Å². The van der Waals surface area contributed by atoms with Gasteiger partial charge in [0.1, 0.15) is 12.6 Å². The number of hydrogen-bond acceptors (Lipinski definition) is 4. The summed E-state index contributed by atoms with van der Waals surface area (Å²) < 4.78 is 18.8. The first kappa shape index (κ1) is 19.0. The fourth-order valence-electron chi connectivity index (χ4n) is 3.57. The Hall–Kier alpha value is -1.30. The minimum Gasteiger partial charge on any atom is -0.368 e. The number of nitrogens with zero attached hydrogens (tertiary/aromatic N) is 2. The first-order valence-corrected chi connectivity index (χ1v) is 8.77. The summed E-state index contributed by atoms with van der Waals surface area (Å²) >= 11 is 0. The molecule has 0 N–H and O–H groups in total. The third-order valence-corrected chi connectivity index (χ3v) is 4.93. The van der Waals surface area contributed by atoms with Crippen LogP contribution in [0.4, 0.5) is 4.39 Å². The lowest BCUT2D eigenvalue weighted by molar-refractivity contribution is -0.172. The van der Waals surface area contributed by atoms with E-state index in [0.717, 1.165) is 31.4 Å². The average molecular weight is 336 g/mol. The Morgan fingerprint density at radius 3 is 2.96 bits per heavy atom. The highest BCUT2D eigenvalue weighted by Crippen LogP contribution is 2.32. The first-order valence-electron chi connectivity index (χ1n) is 8.77. The number of carbonyl (C=O) groups is 1. The molecule has 134 valence electrons. The number of ether oxygens (including phenoxy) is 1. The molecule has 1 unspecified atom stereocenters. The highest BCUT2D eigenvalue weighted by Gasteiger charge is 2.42. The molecule has 5 heteroatoms. The minimum absolute atomic E-state index is 0.205. The van der Waals surface area contributed by atoms with Gasteiger partial charge in [0.25, 0.3) is 0 Å². The Balaban J connectivity index is 2.20. The van der Waals surface area contributed by atoms with E-state index in [0.29, 0.717) is 26.1 Å². The topological polar surface area (TPSA) is 32.8 Å². The van der Waals surface area contributed by atoms with Gasteiger partial charge < -0.3 is 4.74 Å². The van der Waals surface area contributed by atoms with E-state index < -0.39 is 5.54 Å². The largest absolute Gasteiger partial charge is 0.368 e. The molecule has 1 fully saturated rings. The molecule has 4 nitrogen and oxygen atoms in total. The van der Waals surface area contributed by atoms with Crippen molar-refractivity contribution in [2.24, 2.45) is 0 Å². The highest BCUT2D eigenvalue weighted by atomic mass is 19.1. The van der Waals surface area contributed by atoms with Gasteiger partial charge in [0.2, 0.25) is 0 Å². The van der Waals surface area contributed by atoms with Gasteiger partial charge in [0.15, 0.2) is 5.78 Å². The molecule has 0 aromatic heterocycles. The maximum atomic E-state index is 13.4. The third kappa shape index (κ3) is 4.41. The molecule has 0 amide bonds. The zero-order valence-corrected chi connectivity index (χ0v) is 15.1. The molecule has 0 spiro atoms. The fourth-order valence-corrected chi connectivity index (χ4v) is 3.57. The molecule has 2 aliphatic rings. The van der Waals surface area contributed by atoms with Crippen molar-refractivity contribution in [3.63, 3.8) is 0 Å². The summed E-state index contributed by atoms with van der Waals surface area (Å²) in [6.07, 6.45) is 10.9. The third-order valence-electron chi connectivity index (χ3n) is 4.93. The van der Waals surface area contributed by atoms with E-state index in [-0.39, 0.29) is 11.6 Å². The van der Waals surface area contributed by atoms with Gasteiger partial charge in [-0.05, 0) is 44.8 Å². The van der Waals surface area contributed by atoms with Gasteiger partial charge in [-0.15, -0.1) is 0 Å². The van der Waals surface area contributed by atoms with Crippen LogP contribution >= 0.6 is 0 Å². The van der Waals surface area contributed by atoms with Crippen molar-refractivity contribution in [1.29, 1.82) is 0 Å². The molecule has 0 bridgehead atoms. The molecule has 0 aromatic carbocycles. The first-order chi connectivity index (χ1) is 11.5. The molecule has 24 heavy (non-hydrogen) atoms. The summed E-state index contributed by atoms with van der Waals surface area (Å²) in [7, 11) is 1.66. The standard InChI is InChI=1S/C19H29FN2O2/c1-4-18(23)19(2)12-5-6-13-22(19)21(15-24-3)14-16-8-7-9-17(20)11-10-16/h7-9,11H,4-6,10,12-15H2,1-3H3. The van der Waals surface area contributed by atoms with Gasteiger partial charge in [-0.3, -0.25) is 4.79 Å². The molecule has 1 aliphatic heterocycles. The number of ketones is 1. The van der Waals surface area contributed by atoms with E-state index in [2.05, 4.69) is 10.0 Å². The van der Waals surface area contributed by atoms with Crippen LogP contribution in [0.1, 0.15) is 46.0 Å². The smallest absolute Gasteiger partial charge is 0.153 e. The van der Waals surface area contributed by atoms with E-state index >= 15 is 0 Å². The SMILES string of the molecule is CCC(=O)C1(C)CCCCN1N(COC)CC1=CC=CC(F)=CC1. The van der Waals surface area contributed by atoms with Crippen molar-refractivity contribution in [2.45, 2.75) is 51.5 Å². The summed E-state index contributed by atoms with van der Waals surface area (Å²) in [6.45, 7) is 5.86. The number of hydrogen-bond donors (Lipinski definition) is 0. The van der Waals surface area contributed by atoms with Crippen molar-refractivity contribution in [1.82, 2.24) is 10.0 Å². The van der Waals surface area contributed by atoms with Crippen molar-refractivity contribution < 1.29 is 13.9 Å². The lowest BCUT2D eigenvalue weighted by Gasteiger charge is -2.49. The summed E-state index contributed by atoms with van der Waals surface area (Å²) in [4.78, 5) is 12.6. The summed E-state index contributed by atoms with van der Waals surface area (Å²) in [5.74, 6) is 0.0625. The normalized spacial score (nSPS) is 25.4. The predicted octanol–water partition coefficient (Wildman–Crippen LogP) is 3.77. The number of piperidine rings is 1. The lowest BCUT2D eigenvalue weighted by atomic mass is 9.84. The van der Waals surface area contributed by atoms with Gasteiger partial charge >= 0.3 is 0 Å². The summed E-state index contributed by atoms with van der Waals surface area (Å²) in [5.41, 5.74) is 0.626. The second kappa shape index (κ2) is 8.70. The van der Waals surface area contributed by atoms with E-state index in [9.17, 15) is 9.18 Å². The van der Waals surface area contributed by atoms with Gasteiger partial charge in [0.05, 0.1) is 5.54 Å². The number of carbonyl (C=O) groups excluding carboxylic acids is 1. The lowest BCUT2D eigenvalue weighted by Crippen LogP contribution is -2.62. The Bertz CT molecular complexity index is 539. The molecule has 1 saturated heterocycles. The van der Waals surface area contributed by atoms with Crippen molar-refractivity contribution in [3.05, 3.63) is 35.7 Å². The zero-order valence-electron chi connectivity index (χ0n) is 15.1. The quantitative estimate of drug-likeness (QED) is 0.663. The van der Waals surface area contributed by atoms with Crippen LogP contribution in [0.5, 0.6) is 0 Å². The summed E-state index contributed by atoms with van der Waals surface area (Å²) in [5, 5.41) is 4.28. The van der Waals surface area contributed by atoms with Crippen molar-refractivity contribution in [2.75, 3.05) is 26.9 Å². The molecule has 1 atom stereocenters. The van der Waals surface area contributed by atoms with E-state index in [1.54, 1.807) is 19.3 Å². The molecule has 2 rings (SSSR count).